The molecule has 0 N–H and O–H groups in total. The molecule has 0 aromatic carbocycles. The Hall–Kier alpha value is -1.84. The highest BCUT2D eigenvalue weighted by Crippen LogP contribution is 2.22. The molecule has 2 aromatic rings. The smallest absolute Gasteiger partial charge is 0.168 e. The quantitative estimate of drug-likeness (QED) is 0.678. The molecule has 0 spiro atoms. The Labute approximate surface area is 81.2 Å². The van der Waals surface area contributed by atoms with E-state index in [4.69, 9.17) is 4.42 Å². The molecule has 0 saturated heterocycles. The Balaban J connectivity index is 2.56. The molecule has 0 fully saturated rings. The molecule has 72 valence electrons. The van der Waals surface area contributed by atoms with Gasteiger partial charge in [0.15, 0.2) is 12.0 Å². The number of aromatic nitrogens is 2. The van der Waals surface area contributed by atoms with Gasteiger partial charge in [-0.1, -0.05) is 0 Å². The van der Waals surface area contributed by atoms with Crippen molar-refractivity contribution in [3.63, 3.8) is 0 Å². The molecule has 4 nitrogen and oxygen atoms in total. The number of carbonyl (C=O) groups excluding carboxylic acids is 1. The summed E-state index contributed by atoms with van der Waals surface area (Å²) in [5.41, 5.74) is 1.12. The van der Waals surface area contributed by atoms with E-state index in [9.17, 15) is 4.79 Å². The minimum Gasteiger partial charge on any atom is -0.460 e. The van der Waals surface area contributed by atoms with Crippen LogP contribution in [0.15, 0.2) is 22.9 Å². The summed E-state index contributed by atoms with van der Waals surface area (Å²) in [6.45, 7) is 1.85. The third kappa shape index (κ3) is 1.25. The van der Waals surface area contributed by atoms with Gasteiger partial charge in [0.2, 0.25) is 0 Å². The standard InChI is InChI=1S/C10H10N2O2/c1-7-3-4-9(14-7)10-8(5-13)12(2)6-11-10/h3-6H,1-2H3. The number of nitrogens with zero attached hydrogens (tertiary/aromatic N) is 2. The van der Waals surface area contributed by atoms with Gasteiger partial charge in [-0.25, -0.2) is 4.98 Å². The van der Waals surface area contributed by atoms with E-state index in [0.717, 1.165) is 12.0 Å². The third-order valence-electron chi connectivity index (χ3n) is 2.07. The zero-order valence-electron chi connectivity index (χ0n) is 8.02. The van der Waals surface area contributed by atoms with Crippen LogP contribution in [0.5, 0.6) is 0 Å². The van der Waals surface area contributed by atoms with Crippen LogP contribution >= 0.6 is 0 Å². The normalized spacial score (nSPS) is 10.4. The molecule has 0 aliphatic heterocycles. The number of aldehydes is 1. The second-order valence-corrected chi connectivity index (χ2v) is 3.12. The minimum absolute atomic E-state index is 0.527. The average molecular weight is 190 g/mol. The lowest BCUT2D eigenvalue weighted by molar-refractivity contribution is 0.111. The van der Waals surface area contributed by atoms with Gasteiger partial charge in [0.05, 0.1) is 6.33 Å². The van der Waals surface area contributed by atoms with Gasteiger partial charge in [-0.15, -0.1) is 0 Å². The second kappa shape index (κ2) is 3.14. The van der Waals surface area contributed by atoms with E-state index in [-0.39, 0.29) is 0 Å². The number of carbonyl (C=O) groups is 1. The molecule has 4 heteroatoms. The SMILES string of the molecule is Cc1ccc(-c2ncn(C)c2C=O)o1. The van der Waals surface area contributed by atoms with Crippen LogP contribution in [0, 0.1) is 6.92 Å². The first-order valence-electron chi connectivity index (χ1n) is 4.25. The molecule has 0 aliphatic carbocycles. The van der Waals surface area contributed by atoms with Gasteiger partial charge in [0.25, 0.3) is 0 Å². The number of rotatable bonds is 2. The first-order chi connectivity index (χ1) is 6.72. The average Bonchev–Trinajstić information content (AvgIpc) is 2.71. The van der Waals surface area contributed by atoms with Crippen molar-refractivity contribution < 1.29 is 9.21 Å². The minimum atomic E-state index is 0.527. The molecular weight excluding hydrogens is 180 g/mol. The Morgan fingerprint density at radius 2 is 2.29 bits per heavy atom. The second-order valence-electron chi connectivity index (χ2n) is 3.12. The van der Waals surface area contributed by atoms with Crippen LogP contribution in [-0.2, 0) is 7.05 Å². The molecule has 14 heavy (non-hydrogen) atoms. The number of hydrogen-bond donors (Lipinski definition) is 0. The Morgan fingerprint density at radius 1 is 1.50 bits per heavy atom. The number of aryl methyl sites for hydroxylation is 2. The fraction of sp³-hybridized carbons (Fsp3) is 0.200. The lowest BCUT2D eigenvalue weighted by atomic mass is 10.3. The van der Waals surface area contributed by atoms with Crippen LogP contribution in [0.1, 0.15) is 16.2 Å². The van der Waals surface area contributed by atoms with Crippen LogP contribution in [0.4, 0.5) is 0 Å². The Morgan fingerprint density at radius 3 is 2.86 bits per heavy atom. The summed E-state index contributed by atoms with van der Waals surface area (Å²) in [6.07, 6.45) is 2.37. The van der Waals surface area contributed by atoms with Crippen molar-refractivity contribution in [2.75, 3.05) is 0 Å². The predicted octanol–water partition coefficient (Wildman–Crippen LogP) is 1.80. The molecule has 0 aliphatic rings. The van der Waals surface area contributed by atoms with E-state index in [1.807, 2.05) is 19.1 Å². The summed E-state index contributed by atoms with van der Waals surface area (Å²) in [6, 6.07) is 3.66. The van der Waals surface area contributed by atoms with E-state index in [1.54, 1.807) is 17.9 Å². The van der Waals surface area contributed by atoms with Crippen molar-refractivity contribution in [3.05, 3.63) is 29.9 Å². The molecule has 0 saturated carbocycles. The van der Waals surface area contributed by atoms with Gasteiger partial charge in [0, 0.05) is 7.05 Å². The topological polar surface area (TPSA) is 48.0 Å². The molecular formula is C10H10N2O2. The van der Waals surface area contributed by atoms with Crippen LogP contribution < -0.4 is 0 Å². The summed E-state index contributed by atoms with van der Waals surface area (Å²) in [5.74, 6) is 1.44. The Bertz CT molecular complexity index is 468. The maximum absolute atomic E-state index is 10.8. The summed E-state index contributed by atoms with van der Waals surface area (Å²) >= 11 is 0. The predicted molar refractivity (Wildman–Crippen MR) is 51.0 cm³/mol. The van der Waals surface area contributed by atoms with Crippen molar-refractivity contribution in [2.45, 2.75) is 6.92 Å². The van der Waals surface area contributed by atoms with E-state index >= 15 is 0 Å². The van der Waals surface area contributed by atoms with Crippen molar-refractivity contribution >= 4 is 6.29 Å². The van der Waals surface area contributed by atoms with Gasteiger partial charge >= 0.3 is 0 Å². The molecule has 0 unspecified atom stereocenters. The lowest BCUT2D eigenvalue weighted by Crippen LogP contribution is -1.93. The van der Waals surface area contributed by atoms with Crippen molar-refractivity contribution in [2.24, 2.45) is 7.05 Å². The fourth-order valence-corrected chi connectivity index (χ4v) is 1.33. The van der Waals surface area contributed by atoms with Crippen molar-refractivity contribution in [1.82, 2.24) is 9.55 Å². The van der Waals surface area contributed by atoms with Gasteiger partial charge in [0.1, 0.15) is 17.1 Å². The third-order valence-corrected chi connectivity index (χ3v) is 2.07. The van der Waals surface area contributed by atoms with E-state index in [0.29, 0.717) is 17.1 Å². The van der Waals surface area contributed by atoms with Crippen molar-refractivity contribution in [3.8, 4) is 11.5 Å². The first-order valence-corrected chi connectivity index (χ1v) is 4.25. The first kappa shape index (κ1) is 8.74. The summed E-state index contributed by atoms with van der Waals surface area (Å²) in [4.78, 5) is 14.9. The van der Waals surface area contributed by atoms with Crippen LogP contribution in [0.25, 0.3) is 11.5 Å². The molecule has 2 heterocycles. The molecule has 0 amide bonds. The van der Waals surface area contributed by atoms with Crippen LogP contribution in [0.3, 0.4) is 0 Å². The van der Waals surface area contributed by atoms with Crippen LogP contribution in [0.2, 0.25) is 0 Å². The van der Waals surface area contributed by atoms with Crippen molar-refractivity contribution in [1.29, 1.82) is 0 Å². The number of imidazole rings is 1. The van der Waals surface area contributed by atoms with Gasteiger partial charge in [-0.2, -0.15) is 0 Å². The highest BCUT2D eigenvalue weighted by atomic mass is 16.3. The lowest BCUT2D eigenvalue weighted by Gasteiger charge is -1.94. The molecule has 2 aromatic heterocycles. The highest BCUT2D eigenvalue weighted by molar-refractivity contribution is 5.82. The summed E-state index contributed by atoms with van der Waals surface area (Å²) in [5, 5.41) is 0. The summed E-state index contributed by atoms with van der Waals surface area (Å²) in [7, 11) is 1.77. The number of furan rings is 1. The monoisotopic (exact) mass is 190 g/mol. The van der Waals surface area contributed by atoms with Gasteiger partial charge in [-0.05, 0) is 19.1 Å². The van der Waals surface area contributed by atoms with Gasteiger partial charge < -0.3 is 8.98 Å². The number of hydrogen-bond acceptors (Lipinski definition) is 3. The zero-order chi connectivity index (χ0) is 10.1. The van der Waals surface area contributed by atoms with Gasteiger partial charge in [-0.3, -0.25) is 4.79 Å². The fourth-order valence-electron chi connectivity index (χ4n) is 1.33. The zero-order valence-corrected chi connectivity index (χ0v) is 8.02. The van der Waals surface area contributed by atoms with E-state index < -0.39 is 0 Å². The largest absolute Gasteiger partial charge is 0.460 e. The Kier molecular flexibility index (Phi) is 1.96. The van der Waals surface area contributed by atoms with E-state index in [2.05, 4.69) is 4.98 Å². The maximum atomic E-state index is 10.8. The van der Waals surface area contributed by atoms with E-state index in [1.165, 1.54) is 0 Å². The molecule has 0 atom stereocenters. The highest BCUT2D eigenvalue weighted by Gasteiger charge is 2.12. The molecule has 2 rings (SSSR count). The molecule has 0 bridgehead atoms. The molecule has 0 radical (unpaired) electrons. The van der Waals surface area contributed by atoms with Crippen LogP contribution in [-0.4, -0.2) is 15.8 Å². The maximum Gasteiger partial charge on any atom is 0.168 e. The summed E-state index contributed by atoms with van der Waals surface area (Å²) < 4.78 is 7.06.